The van der Waals surface area contributed by atoms with E-state index in [1.54, 1.807) is 25.3 Å². The Morgan fingerprint density at radius 3 is 2.81 bits per heavy atom. The number of carbonyl (C=O) groups excluding carboxylic acids is 2. The summed E-state index contributed by atoms with van der Waals surface area (Å²) < 4.78 is 10.3. The third-order valence-corrected chi connectivity index (χ3v) is 4.91. The lowest BCUT2D eigenvalue weighted by molar-refractivity contribution is -0.121. The molecule has 1 atom stereocenters. The van der Waals surface area contributed by atoms with Crippen LogP contribution in [0.15, 0.2) is 74.7 Å². The molecule has 0 saturated carbocycles. The molecule has 4 rings (SSSR count). The second kappa shape index (κ2) is 9.82. The Labute approximate surface area is 184 Å². The highest BCUT2D eigenvalue weighted by Crippen LogP contribution is 2.27. The van der Waals surface area contributed by atoms with Gasteiger partial charge in [-0.1, -0.05) is 29.5 Å². The summed E-state index contributed by atoms with van der Waals surface area (Å²) in [6.07, 6.45) is 8.01. The zero-order valence-electron chi connectivity index (χ0n) is 17.4. The monoisotopic (exact) mass is 434 g/mol. The topological polar surface area (TPSA) is 131 Å². The molecule has 0 spiro atoms. The van der Waals surface area contributed by atoms with E-state index in [9.17, 15) is 9.59 Å². The van der Waals surface area contributed by atoms with Crippen molar-refractivity contribution in [3.05, 3.63) is 65.9 Å². The van der Waals surface area contributed by atoms with Gasteiger partial charge in [-0.05, 0) is 30.7 Å². The molecule has 10 nitrogen and oxygen atoms in total. The van der Waals surface area contributed by atoms with Crippen molar-refractivity contribution in [3.8, 4) is 17.1 Å². The molecule has 0 saturated heterocycles. The maximum atomic E-state index is 12.2. The molecule has 0 bridgehead atoms. The largest absolute Gasteiger partial charge is 0.497 e. The first-order valence-electron chi connectivity index (χ1n) is 10.2. The van der Waals surface area contributed by atoms with Gasteiger partial charge in [-0.3, -0.25) is 9.59 Å². The Morgan fingerprint density at radius 1 is 1.16 bits per heavy atom. The van der Waals surface area contributed by atoms with Crippen LogP contribution in [0.3, 0.4) is 0 Å². The normalized spacial score (nSPS) is 16.8. The van der Waals surface area contributed by atoms with Crippen molar-refractivity contribution < 1.29 is 18.8 Å². The molecule has 10 heteroatoms. The van der Waals surface area contributed by atoms with Crippen LogP contribution in [0.25, 0.3) is 11.4 Å². The molecule has 2 aromatic rings. The molecule has 1 aliphatic heterocycles. The molecule has 2 aliphatic rings. The quantitative estimate of drug-likeness (QED) is 0.579. The molecule has 1 aromatic heterocycles. The van der Waals surface area contributed by atoms with Gasteiger partial charge in [0.25, 0.3) is 5.91 Å². The van der Waals surface area contributed by atoms with Crippen molar-refractivity contribution in [2.45, 2.75) is 12.8 Å². The first-order chi connectivity index (χ1) is 15.6. The summed E-state index contributed by atoms with van der Waals surface area (Å²) in [6.45, 7) is 1.03. The average Bonchev–Trinajstić information content (AvgIpc) is 3.29. The zero-order valence-corrected chi connectivity index (χ0v) is 17.4. The van der Waals surface area contributed by atoms with E-state index in [1.165, 1.54) is 0 Å². The number of nitrogens with one attached hydrogen (secondary N) is 2. The molecule has 2 heterocycles. The van der Waals surface area contributed by atoms with Crippen LogP contribution in [-0.2, 0) is 16.0 Å². The van der Waals surface area contributed by atoms with Gasteiger partial charge >= 0.3 is 0 Å². The number of aromatic nitrogens is 2. The second-order valence-electron chi connectivity index (χ2n) is 7.11. The van der Waals surface area contributed by atoms with E-state index in [2.05, 4.69) is 31.0 Å². The predicted octanol–water partition coefficient (Wildman–Crippen LogP) is 2.33. The lowest BCUT2D eigenvalue weighted by atomic mass is 9.93. The third kappa shape index (κ3) is 4.97. The summed E-state index contributed by atoms with van der Waals surface area (Å²) in [5.74, 6) is 1.12. The van der Waals surface area contributed by atoms with Crippen LogP contribution >= 0.6 is 0 Å². The van der Waals surface area contributed by atoms with Crippen molar-refractivity contribution in [2.24, 2.45) is 16.1 Å². The number of methoxy groups -OCH3 is 1. The molecule has 0 radical (unpaired) electrons. The Morgan fingerprint density at radius 2 is 2.00 bits per heavy atom. The van der Waals surface area contributed by atoms with Crippen molar-refractivity contribution in [1.29, 1.82) is 0 Å². The lowest BCUT2D eigenvalue weighted by Crippen LogP contribution is -2.29. The van der Waals surface area contributed by atoms with Crippen LogP contribution in [0.1, 0.15) is 12.3 Å². The predicted molar refractivity (Wildman–Crippen MR) is 114 cm³/mol. The summed E-state index contributed by atoms with van der Waals surface area (Å²) in [7, 11) is 1.60. The third-order valence-electron chi connectivity index (χ3n) is 4.91. The Hall–Kier alpha value is -4.08. The zero-order chi connectivity index (χ0) is 22.3. The molecule has 1 unspecified atom stereocenters. The number of nitrogens with zero attached hydrogens (tertiary/aromatic N) is 4. The van der Waals surface area contributed by atoms with Gasteiger partial charge < -0.3 is 19.9 Å². The Bertz CT molecular complexity index is 1110. The van der Waals surface area contributed by atoms with Crippen molar-refractivity contribution >= 4 is 11.8 Å². The van der Waals surface area contributed by atoms with E-state index in [0.717, 1.165) is 16.9 Å². The highest BCUT2D eigenvalue weighted by atomic mass is 16.5. The molecule has 2 amide bonds. The number of hydrogen-bond donors (Lipinski definition) is 2. The SMILES string of the molecule is COc1ccc(-c2noc(CC(=O)NCCCNC3=C4C=CC=CC4C(=O)N=N3)n2)cc1. The summed E-state index contributed by atoms with van der Waals surface area (Å²) in [6, 6.07) is 7.24. The highest BCUT2D eigenvalue weighted by molar-refractivity contribution is 5.86. The number of hydrogen-bond acceptors (Lipinski definition) is 8. The summed E-state index contributed by atoms with van der Waals surface area (Å²) in [5, 5.41) is 17.6. The molecule has 1 aromatic carbocycles. The number of azo groups is 1. The van der Waals surface area contributed by atoms with Crippen molar-refractivity contribution in [1.82, 2.24) is 20.8 Å². The first-order valence-corrected chi connectivity index (χ1v) is 10.2. The minimum atomic E-state index is -0.378. The van der Waals surface area contributed by atoms with Crippen LogP contribution in [0, 0.1) is 5.92 Å². The van der Waals surface area contributed by atoms with E-state index in [-0.39, 0.29) is 30.0 Å². The van der Waals surface area contributed by atoms with Gasteiger partial charge in [0.15, 0.2) is 5.82 Å². The molecular formula is C22H22N6O4. The fraction of sp³-hybridized carbons (Fsp3) is 0.273. The standard InChI is InChI=1S/C22H22N6O4/c1-31-15-9-7-14(8-10-15)20-25-19(32-28-20)13-18(29)23-11-4-12-24-21-16-5-2-3-6-17(16)22(30)27-26-21/h2-3,5-10,17,24H,4,11-13H2,1H3,(H,23,29). The fourth-order valence-corrected chi connectivity index (χ4v) is 3.25. The molecule has 2 N–H and O–H groups in total. The van der Waals surface area contributed by atoms with Crippen LogP contribution < -0.4 is 15.4 Å². The first kappa shape index (κ1) is 21.2. The van der Waals surface area contributed by atoms with Crippen LogP contribution in [-0.4, -0.2) is 42.2 Å². The van der Waals surface area contributed by atoms with Gasteiger partial charge in [-0.15, -0.1) is 10.2 Å². The number of rotatable bonds is 9. The van der Waals surface area contributed by atoms with Gasteiger partial charge in [0.2, 0.25) is 17.6 Å². The Kier molecular flexibility index (Phi) is 6.49. The number of carbonyl (C=O) groups is 2. The minimum Gasteiger partial charge on any atom is -0.497 e. The average molecular weight is 434 g/mol. The number of benzene rings is 1. The summed E-state index contributed by atoms with van der Waals surface area (Å²) >= 11 is 0. The molecule has 0 fully saturated rings. The molecule has 32 heavy (non-hydrogen) atoms. The number of allylic oxidation sites excluding steroid dienone is 3. The highest BCUT2D eigenvalue weighted by Gasteiger charge is 2.26. The second-order valence-corrected chi connectivity index (χ2v) is 7.11. The van der Waals surface area contributed by atoms with Gasteiger partial charge in [-0.25, -0.2) is 0 Å². The summed E-state index contributed by atoms with van der Waals surface area (Å²) in [5.41, 5.74) is 1.58. The van der Waals surface area contributed by atoms with Gasteiger partial charge in [-0.2, -0.15) is 4.98 Å². The number of fused-ring (bicyclic) bond motifs is 1. The lowest BCUT2D eigenvalue weighted by Gasteiger charge is -2.20. The van der Waals surface area contributed by atoms with Gasteiger partial charge in [0, 0.05) is 24.2 Å². The molecule has 1 aliphatic carbocycles. The minimum absolute atomic E-state index is 0.00101. The maximum Gasteiger partial charge on any atom is 0.276 e. The van der Waals surface area contributed by atoms with Crippen molar-refractivity contribution in [3.63, 3.8) is 0 Å². The van der Waals surface area contributed by atoms with Crippen LogP contribution in [0.2, 0.25) is 0 Å². The van der Waals surface area contributed by atoms with E-state index in [0.29, 0.717) is 31.2 Å². The van der Waals surface area contributed by atoms with Crippen molar-refractivity contribution in [2.75, 3.05) is 20.2 Å². The molecular weight excluding hydrogens is 412 g/mol. The summed E-state index contributed by atoms with van der Waals surface area (Å²) in [4.78, 5) is 28.2. The van der Waals surface area contributed by atoms with E-state index in [1.807, 2.05) is 30.4 Å². The van der Waals surface area contributed by atoms with Crippen LogP contribution in [0.5, 0.6) is 5.75 Å². The van der Waals surface area contributed by atoms with E-state index in [4.69, 9.17) is 9.26 Å². The number of ether oxygens (including phenoxy) is 1. The van der Waals surface area contributed by atoms with E-state index >= 15 is 0 Å². The fourth-order valence-electron chi connectivity index (χ4n) is 3.25. The van der Waals surface area contributed by atoms with Gasteiger partial charge in [0.1, 0.15) is 12.2 Å². The van der Waals surface area contributed by atoms with Gasteiger partial charge in [0.05, 0.1) is 13.0 Å². The maximum absolute atomic E-state index is 12.2. The van der Waals surface area contributed by atoms with Crippen LogP contribution in [0.4, 0.5) is 0 Å². The van der Waals surface area contributed by atoms with E-state index < -0.39 is 0 Å². The molecule has 164 valence electrons. The smallest absolute Gasteiger partial charge is 0.276 e. The number of amides is 2. The Balaban J connectivity index is 1.20.